The van der Waals surface area contributed by atoms with Gasteiger partial charge in [-0.2, -0.15) is 0 Å². The van der Waals surface area contributed by atoms with Crippen LogP contribution < -0.4 is 10.5 Å². The van der Waals surface area contributed by atoms with E-state index in [-0.39, 0.29) is 11.4 Å². The van der Waals surface area contributed by atoms with E-state index in [1.807, 2.05) is 0 Å². The van der Waals surface area contributed by atoms with Gasteiger partial charge in [-0.05, 0) is 44.0 Å². The minimum atomic E-state index is -3.68. The average Bonchev–Trinajstić information content (AvgIpc) is 2.70. The van der Waals surface area contributed by atoms with Gasteiger partial charge in [-0.25, -0.2) is 18.1 Å². The van der Waals surface area contributed by atoms with Gasteiger partial charge >= 0.3 is 0 Å². The molecule has 0 aliphatic carbocycles. The number of nitrogen functional groups attached to an aromatic ring is 1. The van der Waals surface area contributed by atoms with Gasteiger partial charge in [0.05, 0.1) is 6.54 Å². The Morgan fingerprint density at radius 2 is 1.95 bits per heavy atom. The number of aromatic nitrogens is 2. The fraction of sp³-hybridized carbons (Fsp3) is 0.182. The molecule has 0 spiro atoms. The Labute approximate surface area is 133 Å². The first kappa shape index (κ1) is 15.5. The van der Waals surface area contributed by atoms with Crippen LogP contribution in [-0.2, 0) is 23.6 Å². The van der Waals surface area contributed by atoms with Gasteiger partial charge < -0.3 is 10.3 Å². The second kappa shape index (κ2) is 5.84. The van der Waals surface area contributed by atoms with Crippen LogP contribution in [0.5, 0.6) is 0 Å². The molecule has 1 heterocycles. The number of imidazole rings is 1. The molecule has 0 radical (unpaired) electrons. The fourth-order valence-electron chi connectivity index (χ4n) is 1.63. The highest BCUT2D eigenvalue weighted by Gasteiger charge is 2.22. The number of sulfonamides is 1. The molecule has 6 nitrogen and oxygen atoms in total. The summed E-state index contributed by atoms with van der Waals surface area (Å²) in [5.41, 5.74) is 6.12. The number of halogens is 2. The van der Waals surface area contributed by atoms with Crippen LogP contribution in [0.15, 0.2) is 38.4 Å². The number of aryl methyl sites for hydroxylation is 1. The Morgan fingerprint density at radius 3 is 2.45 bits per heavy atom. The van der Waals surface area contributed by atoms with Crippen LogP contribution in [0.25, 0.3) is 0 Å². The minimum absolute atomic E-state index is 0.106. The number of hydrogen-bond acceptors (Lipinski definition) is 4. The lowest BCUT2D eigenvalue weighted by molar-refractivity contribution is 0.576. The number of benzene rings is 1. The Balaban J connectivity index is 2.30. The third kappa shape index (κ3) is 3.22. The largest absolute Gasteiger partial charge is 0.399 e. The van der Waals surface area contributed by atoms with Gasteiger partial charge in [0.2, 0.25) is 10.0 Å². The summed E-state index contributed by atoms with van der Waals surface area (Å²) in [6.45, 7) is 0.106. The van der Waals surface area contributed by atoms with Gasteiger partial charge in [0.1, 0.15) is 10.7 Å². The summed E-state index contributed by atoms with van der Waals surface area (Å²) in [5.74, 6) is 0.622. The summed E-state index contributed by atoms with van der Waals surface area (Å²) in [7, 11) is -1.89. The monoisotopic (exact) mass is 422 g/mol. The molecule has 20 heavy (non-hydrogen) atoms. The van der Waals surface area contributed by atoms with Crippen molar-refractivity contribution in [2.45, 2.75) is 11.4 Å². The Kier molecular flexibility index (Phi) is 4.52. The molecule has 0 fully saturated rings. The number of hydrogen-bond donors (Lipinski definition) is 2. The summed E-state index contributed by atoms with van der Waals surface area (Å²) in [6, 6.07) is 3.08. The van der Waals surface area contributed by atoms with E-state index in [9.17, 15) is 8.42 Å². The molecule has 0 bridgehead atoms. The second-order valence-electron chi connectivity index (χ2n) is 4.09. The Morgan fingerprint density at radius 1 is 1.35 bits per heavy atom. The first-order valence-electron chi connectivity index (χ1n) is 5.51. The number of nitrogens with two attached hydrogens (primary N) is 1. The van der Waals surface area contributed by atoms with Crippen LogP contribution in [0.4, 0.5) is 5.69 Å². The van der Waals surface area contributed by atoms with Crippen molar-refractivity contribution in [1.82, 2.24) is 14.3 Å². The van der Waals surface area contributed by atoms with E-state index in [4.69, 9.17) is 5.73 Å². The quantitative estimate of drug-likeness (QED) is 0.736. The summed E-state index contributed by atoms with van der Waals surface area (Å²) in [6.07, 6.45) is 3.36. The number of nitrogens with zero attached hydrogens (tertiary/aromatic N) is 2. The van der Waals surface area contributed by atoms with Gasteiger partial charge in [0.15, 0.2) is 0 Å². The van der Waals surface area contributed by atoms with Crippen LogP contribution in [-0.4, -0.2) is 18.0 Å². The molecule has 0 atom stereocenters. The van der Waals surface area contributed by atoms with E-state index in [0.29, 0.717) is 20.5 Å². The molecule has 1 aromatic carbocycles. The van der Waals surface area contributed by atoms with E-state index in [1.54, 1.807) is 36.1 Å². The minimum Gasteiger partial charge on any atom is -0.399 e. The number of rotatable bonds is 4. The highest BCUT2D eigenvalue weighted by atomic mass is 79.9. The summed E-state index contributed by atoms with van der Waals surface area (Å²) < 4.78 is 29.7. The molecule has 0 amide bonds. The third-order valence-corrected chi connectivity index (χ3v) is 5.91. The van der Waals surface area contributed by atoms with Crippen molar-refractivity contribution in [2.75, 3.05) is 5.73 Å². The van der Waals surface area contributed by atoms with Crippen molar-refractivity contribution in [3.8, 4) is 0 Å². The van der Waals surface area contributed by atoms with Crippen LogP contribution in [0.2, 0.25) is 0 Å². The summed E-state index contributed by atoms with van der Waals surface area (Å²) >= 11 is 6.43. The lowest BCUT2D eigenvalue weighted by atomic mass is 10.3. The molecule has 2 rings (SSSR count). The Hall–Kier alpha value is -0.900. The van der Waals surface area contributed by atoms with Crippen molar-refractivity contribution in [3.63, 3.8) is 0 Å². The van der Waals surface area contributed by atoms with Gasteiger partial charge in [0, 0.05) is 34.1 Å². The first-order chi connectivity index (χ1) is 9.31. The number of anilines is 1. The number of nitrogens with one attached hydrogen (secondary N) is 1. The molecule has 2 aromatic rings. The van der Waals surface area contributed by atoms with Crippen LogP contribution in [0, 0.1) is 0 Å². The Bertz CT molecular complexity index is 720. The van der Waals surface area contributed by atoms with E-state index in [1.165, 1.54) is 0 Å². The fourth-order valence-corrected chi connectivity index (χ4v) is 5.23. The highest BCUT2D eigenvalue weighted by Crippen LogP contribution is 2.32. The van der Waals surface area contributed by atoms with Gasteiger partial charge in [-0.1, -0.05) is 0 Å². The van der Waals surface area contributed by atoms with Crippen molar-refractivity contribution >= 4 is 47.6 Å². The molecule has 108 valence electrons. The van der Waals surface area contributed by atoms with Gasteiger partial charge in [-0.3, -0.25) is 0 Å². The molecular weight excluding hydrogens is 412 g/mol. The maximum atomic E-state index is 12.3. The van der Waals surface area contributed by atoms with Crippen molar-refractivity contribution in [1.29, 1.82) is 0 Å². The zero-order valence-corrected chi connectivity index (χ0v) is 14.5. The van der Waals surface area contributed by atoms with Crippen LogP contribution in [0.1, 0.15) is 5.82 Å². The molecule has 9 heteroatoms. The lowest BCUT2D eigenvalue weighted by Gasteiger charge is -2.11. The summed E-state index contributed by atoms with van der Waals surface area (Å²) in [5, 5.41) is 0. The van der Waals surface area contributed by atoms with E-state index in [0.717, 1.165) is 0 Å². The van der Waals surface area contributed by atoms with Gasteiger partial charge in [-0.15, -0.1) is 0 Å². The molecule has 3 N–H and O–H groups in total. The maximum absolute atomic E-state index is 12.3. The summed E-state index contributed by atoms with van der Waals surface area (Å²) in [4.78, 5) is 4.18. The standard InChI is InChI=1S/C11H12Br2N4O2S/c1-17-3-2-15-10(17)6-16-20(18,19)11-8(12)4-7(14)5-9(11)13/h2-5,16H,6,14H2,1H3. The van der Waals surface area contributed by atoms with Gasteiger partial charge in [0.25, 0.3) is 0 Å². The molecule has 0 unspecified atom stereocenters. The molecular formula is C11H12Br2N4O2S. The SMILES string of the molecule is Cn1ccnc1CNS(=O)(=O)c1c(Br)cc(N)cc1Br. The van der Waals surface area contributed by atoms with E-state index < -0.39 is 10.0 Å². The van der Waals surface area contributed by atoms with Crippen LogP contribution in [0.3, 0.4) is 0 Å². The zero-order valence-electron chi connectivity index (χ0n) is 10.5. The predicted octanol–water partition coefficient (Wildman–Crippen LogP) is 2.01. The van der Waals surface area contributed by atoms with Crippen molar-refractivity contribution in [3.05, 3.63) is 39.3 Å². The van der Waals surface area contributed by atoms with Crippen molar-refractivity contribution < 1.29 is 8.42 Å². The smallest absolute Gasteiger partial charge is 0.243 e. The third-order valence-electron chi connectivity index (χ3n) is 2.63. The molecule has 0 saturated carbocycles. The average molecular weight is 424 g/mol. The first-order valence-corrected chi connectivity index (χ1v) is 8.58. The molecule has 0 aliphatic heterocycles. The topological polar surface area (TPSA) is 90.0 Å². The second-order valence-corrected chi connectivity index (χ2v) is 7.51. The highest BCUT2D eigenvalue weighted by molar-refractivity contribution is 9.11. The lowest BCUT2D eigenvalue weighted by Crippen LogP contribution is -2.25. The predicted molar refractivity (Wildman–Crippen MR) is 83.5 cm³/mol. The maximum Gasteiger partial charge on any atom is 0.243 e. The molecule has 0 saturated heterocycles. The normalized spacial score (nSPS) is 11.8. The molecule has 0 aliphatic rings. The molecule has 1 aromatic heterocycles. The van der Waals surface area contributed by atoms with Crippen molar-refractivity contribution in [2.24, 2.45) is 7.05 Å². The van der Waals surface area contributed by atoms with E-state index in [2.05, 4.69) is 41.6 Å². The van der Waals surface area contributed by atoms with Crippen LogP contribution >= 0.6 is 31.9 Å². The van der Waals surface area contributed by atoms with E-state index >= 15 is 0 Å². The zero-order chi connectivity index (χ0) is 14.9.